The number of hydrogen-bond donors (Lipinski definition) is 6. The Kier molecular flexibility index (Phi) is 33.6. The van der Waals surface area contributed by atoms with Crippen LogP contribution in [0.2, 0.25) is 0 Å². The second-order valence-corrected chi connectivity index (χ2v) is 20.5. The highest BCUT2D eigenvalue weighted by Gasteiger charge is 2.44. The standard InChI is InChI=1S/C9H11N3O2.C9H13N3.C9H15NO.C6H16N2O.C6H10O.C4H7NO2S2.C2H5N3O2.2CH4.H3N/c1-9(4-5-9)7-3-2-6(12(13)14)8(10)11-7;1-9(4-5-9)7-3-2-6(10)8(11)12-7;1-9(5-6-9)8(11)4-7-10(2)3;1-7(2)6(9-5)8(3)4;1-5(7)6(2)3-4-6;1-8-4(9-2)3-5(6)7;3-2(4)1-5(6)7;;;/h2-3H,4-5H2,1H3,(H2,10,11);2-3H,4-5,10H2,1H3,(H2,11,12);4,7H,5-6H2,1-3H3;6H,1-5H3;3-4H2,1-2H3;3H,1-2H3;1H,3-4H2;2*1H4;1H3/b;;7-4+;;;;;;;. The van der Waals surface area contributed by atoms with Crippen molar-refractivity contribution in [1.82, 2.24) is 30.8 Å². The quantitative estimate of drug-likeness (QED) is 0.0452. The van der Waals surface area contributed by atoms with E-state index in [0.29, 0.717) is 23.5 Å². The van der Waals surface area contributed by atoms with Gasteiger partial charge in [0.1, 0.15) is 15.8 Å². The van der Waals surface area contributed by atoms with E-state index in [1.54, 1.807) is 26.2 Å². The van der Waals surface area contributed by atoms with Gasteiger partial charge in [-0.2, -0.15) is 0 Å². The Balaban J connectivity index is -0.000000377. The van der Waals surface area contributed by atoms with Crippen LogP contribution >= 0.6 is 23.5 Å². The third-order valence-electron chi connectivity index (χ3n) is 11.2. The molecule has 72 heavy (non-hydrogen) atoms. The second-order valence-electron chi connectivity index (χ2n) is 18.5. The molecule has 0 radical (unpaired) electrons. The highest BCUT2D eigenvalue weighted by atomic mass is 32.2. The van der Waals surface area contributed by atoms with Crippen LogP contribution in [0.3, 0.4) is 0 Å². The fraction of sp³-hybridized carbons (Fsp3) is 0.617. The van der Waals surface area contributed by atoms with Crippen molar-refractivity contribution in [3.05, 3.63) is 101 Å². The molecule has 412 valence electrons. The molecule has 4 fully saturated rings. The topological polar surface area (TPSA) is 373 Å². The molecule has 0 bridgehead atoms. The first-order valence-corrected chi connectivity index (χ1v) is 24.2. The van der Waals surface area contributed by atoms with E-state index in [1.807, 2.05) is 102 Å². The Hall–Kier alpha value is -5.60. The monoisotopic (exact) mass is 1060 g/mol. The summed E-state index contributed by atoms with van der Waals surface area (Å²) in [5.41, 5.74) is 28.9. The molecule has 0 amide bonds. The number of ether oxygens (including phenoxy) is 1. The minimum absolute atomic E-state index is 0. The normalized spacial score (nSPS) is 15.4. The van der Waals surface area contributed by atoms with Crippen molar-refractivity contribution in [2.45, 2.75) is 118 Å². The molecule has 2 aromatic rings. The lowest BCUT2D eigenvalue weighted by Crippen LogP contribution is -2.41. The zero-order chi connectivity index (χ0) is 53.7. The lowest BCUT2D eigenvalue weighted by atomic mass is 10.0. The number of allylic oxidation sites excluding steroid dienone is 1. The third kappa shape index (κ3) is 28.4. The van der Waals surface area contributed by atoms with E-state index < -0.39 is 14.8 Å². The number of ketones is 2. The van der Waals surface area contributed by atoms with Crippen LogP contribution < -0.4 is 34.8 Å². The van der Waals surface area contributed by atoms with Crippen LogP contribution in [0.15, 0.2) is 59.0 Å². The van der Waals surface area contributed by atoms with Gasteiger partial charge in [-0.1, -0.05) is 42.5 Å². The smallest absolute Gasteiger partial charge is 0.311 e. The zero-order valence-electron chi connectivity index (χ0n) is 43.5. The molecule has 4 aliphatic rings. The molecule has 2 heterocycles. The molecule has 4 aliphatic carbocycles. The predicted molar refractivity (Wildman–Crippen MR) is 297 cm³/mol. The summed E-state index contributed by atoms with van der Waals surface area (Å²) in [6.45, 7) is 10.0. The summed E-state index contributed by atoms with van der Waals surface area (Å²) in [5.74, 6) is 0.810. The predicted octanol–water partition coefficient (Wildman–Crippen LogP) is 7.97. The summed E-state index contributed by atoms with van der Waals surface area (Å²) in [4.78, 5) is 64.1. The number of carbonyl (C=O) groups excluding carboxylic acids is 2. The first-order chi connectivity index (χ1) is 31.8. The first-order valence-electron chi connectivity index (χ1n) is 21.8. The lowest BCUT2D eigenvalue weighted by Gasteiger charge is -2.28. The van der Waals surface area contributed by atoms with E-state index in [4.69, 9.17) is 33.4 Å². The number of carbonyl (C=O) groups is 2. The number of rotatable bonds is 14. The molecule has 0 unspecified atom stereocenters. The Morgan fingerprint density at radius 2 is 1.11 bits per heavy atom. The molecule has 6 rings (SSSR count). The fourth-order valence-electron chi connectivity index (χ4n) is 5.34. The van der Waals surface area contributed by atoms with Gasteiger partial charge in [0.2, 0.25) is 5.82 Å². The van der Waals surface area contributed by atoms with Crippen molar-refractivity contribution in [3.63, 3.8) is 0 Å². The maximum Gasteiger partial charge on any atom is 0.311 e. The number of thioether (sulfide) groups is 2. The van der Waals surface area contributed by atoms with Crippen molar-refractivity contribution >= 4 is 58.1 Å². The molecule has 0 aliphatic heterocycles. The van der Waals surface area contributed by atoms with Crippen LogP contribution in [0.5, 0.6) is 0 Å². The highest BCUT2D eigenvalue weighted by molar-refractivity contribution is 8.21. The molecule has 0 aromatic carbocycles. The van der Waals surface area contributed by atoms with E-state index in [-0.39, 0.29) is 72.1 Å². The number of aromatic nitrogens is 2. The average Bonchev–Trinajstić information content (AvgIpc) is 4.05. The van der Waals surface area contributed by atoms with Crippen LogP contribution in [0, 0.1) is 41.2 Å². The highest BCUT2D eigenvalue weighted by Crippen LogP contribution is 2.48. The number of Topliss-reactive ketones (excluding diaryl/α,β-unsaturated/α-hetero) is 1. The number of pyridine rings is 2. The van der Waals surface area contributed by atoms with Gasteiger partial charge in [-0.15, -0.1) is 23.5 Å². The van der Waals surface area contributed by atoms with Gasteiger partial charge in [0, 0.05) is 66.5 Å². The number of nitrogen functional groups attached to an aromatic ring is 3. The Morgan fingerprint density at radius 3 is 1.32 bits per heavy atom. The van der Waals surface area contributed by atoms with E-state index in [2.05, 4.69) is 23.8 Å². The maximum absolute atomic E-state index is 11.3. The van der Waals surface area contributed by atoms with Gasteiger partial charge in [0.25, 0.3) is 12.4 Å². The molecule has 13 N–H and O–H groups in total. The SMILES string of the molecule is C.C.CC(=O)C1(C)CC1.CC1(c2ccc(N)c(N)n2)CC1.CC1(c2ccc([N+](=O)[O-])c(N)n2)CC1.CN(C)/C=C/C(=O)C1(C)CC1.COC(N(C)C)N(C)C.CSC(=C[N+](=O)[O-])SC.N.NC(N)=C[N+](=O)[O-]. The average molecular weight is 1060 g/mol. The first kappa shape index (κ1) is 72.9. The second kappa shape index (κ2) is 33.2. The summed E-state index contributed by atoms with van der Waals surface area (Å²) in [5, 5.41) is 29.7. The molecule has 0 atom stereocenters. The molecule has 0 spiro atoms. The zero-order valence-corrected chi connectivity index (χ0v) is 45.1. The molecule has 4 saturated carbocycles. The van der Waals surface area contributed by atoms with Crippen molar-refractivity contribution in [3.8, 4) is 0 Å². The summed E-state index contributed by atoms with van der Waals surface area (Å²) in [6.07, 6.45) is 17.7. The van der Waals surface area contributed by atoms with E-state index in [0.717, 1.165) is 60.3 Å². The molecule has 2 aromatic heterocycles. The Bertz CT molecular complexity index is 2100. The van der Waals surface area contributed by atoms with Gasteiger partial charge in [0.05, 0.1) is 20.5 Å². The van der Waals surface area contributed by atoms with Crippen LogP contribution in [-0.4, -0.2) is 119 Å². The van der Waals surface area contributed by atoms with Gasteiger partial charge in [0.15, 0.2) is 18.0 Å². The van der Waals surface area contributed by atoms with Crippen LogP contribution in [0.1, 0.15) is 112 Å². The minimum Gasteiger partial charge on any atom is -0.396 e. The molecular formula is C47H88N14O9S2. The van der Waals surface area contributed by atoms with Crippen molar-refractivity contribution in [2.24, 2.45) is 22.3 Å². The largest absolute Gasteiger partial charge is 0.396 e. The summed E-state index contributed by atoms with van der Waals surface area (Å²) < 4.78 is 5.85. The Labute approximate surface area is 436 Å². The lowest BCUT2D eigenvalue weighted by molar-refractivity contribution is -0.403. The molecule has 23 nitrogen and oxygen atoms in total. The van der Waals surface area contributed by atoms with Crippen molar-refractivity contribution < 1.29 is 29.1 Å². The van der Waals surface area contributed by atoms with Crippen LogP contribution in [0.25, 0.3) is 0 Å². The number of anilines is 3. The van der Waals surface area contributed by atoms with Crippen LogP contribution in [0.4, 0.5) is 23.0 Å². The maximum atomic E-state index is 11.3. The van der Waals surface area contributed by atoms with Crippen molar-refractivity contribution in [2.75, 3.05) is 79.1 Å². The van der Waals surface area contributed by atoms with Gasteiger partial charge in [-0.05, 0) is 123 Å². The summed E-state index contributed by atoms with van der Waals surface area (Å²) in [6, 6.07) is 6.93. The van der Waals surface area contributed by atoms with Gasteiger partial charge in [-0.25, -0.2) is 9.97 Å². The van der Waals surface area contributed by atoms with E-state index >= 15 is 0 Å². The minimum atomic E-state index is -0.713. The number of nitro groups is 3. The number of nitrogens with zero attached hydrogens (tertiary/aromatic N) is 8. The van der Waals surface area contributed by atoms with Gasteiger partial charge in [-0.3, -0.25) is 49.7 Å². The van der Waals surface area contributed by atoms with E-state index in [9.17, 15) is 39.9 Å². The number of methoxy groups -OCH3 is 1. The third-order valence-corrected chi connectivity index (χ3v) is 13.2. The number of hydrogen-bond acceptors (Lipinski definition) is 22. The summed E-state index contributed by atoms with van der Waals surface area (Å²) in [7, 11) is 13.5. The van der Waals surface area contributed by atoms with E-state index in [1.165, 1.54) is 42.4 Å². The molecular weight excluding hydrogens is 969 g/mol. The number of nitrogens with two attached hydrogens (primary N) is 5. The molecule has 25 heteroatoms. The van der Waals surface area contributed by atoms with Crippen molar-refractivity contribution in [1.29, 1.82) is 0 Å². The van der Waals surface area contributed by atoms with Gasteiger partial charge < -0.3 is 44.5 Å². The van der Waals surface area contributed by atoms with Gasteiger partial charge >= 0.3 is 5.69 Å². The fourth-order valence-corrected chi connectivity index (χ4v) is 6.39. The van der Waals surface area contributed by atoms with Crippen LogP contribution in [-0.2, 0) is 25.2 Å². The Morgan fingerprint density at radius 1 is 0.708 bits per heavy atom. The molecule has 0 saturated heterocycles. The summed E-state index contributed by atoms with van der Waals surface area (Å²) >= 11 is 2.76.